The lowest BCUT2D eigenvalue weighted by molar-refractivity contribution is -0.384. The molecule has 0 bridgehead atoms. The molecule has 1 aliphatic heterocycles. The van der Waals surface area contributed by atoms with E-state index < -0.39 is 43.2 Å². The van der Waals surface area contributed by atoms with Gasteiger partial charge in [0.2, 0.25) is 0 Å². The molecule has 1 aliphatic carbocycles. The summed E-state index contributed by atoms with van der Waals surface area (Å²) < 4.78 is 76.3. The van der Waals surface area contributed by atoms with E-state index in [0.717, 1.165) is 67.1 Å². The number of rotatable bonds is 16. The molecule has 0 saturated carbocycles. The number of nitrogens with one attached hydrogen (secondary N) is 3. The molecule has 14 nitrogen and oxygen atoms in total. The Morgan fingerprint density at radius 1 is 1.02 bits per heavy atom. The van der Waals surface area contributed by atoms with Crippen molar-refractivity contribution in [3.05, 3.63) is 118 Å². The van der Waals surface area contributed by atoms with E-state index in [1.165, 1.54) is 30.0 Å². The molecular formula is C46H53F3N8O6S. The number of allylic oxidation sites excluding steroid dienone is 1. The Hall–Kier alpha value is -5.98. The summed E-state index contributed by atoms with van der Waals surface area (Å²) >= 11 is 0. The normalized spacial score (nSPS) is 16.0. The van der Waals surface area contributed by atoms with Gasteiger partial charge in [0.1, 0.15) is 17.1 Å². The maximum Gasteiger partial charge on any atom is 0.416 e. The summed E-state index contributed by atoms with van der Waals surface area (Å²) in [7, 11) is -4.62. The number of para-hydroxylation sites is 1. The van der Waals surface area contributed by atoms with E-state index in [2.05, 4.69) is 48.6 Å². The number of nitro groups is 1. The summed E-state index contributed by atoms with van der Waals surface area (Å²) in [6.45, 7) is 13.9. The van der Waals surface area contributed by atoms with Crippen molar-refractivity contribution < 1.29 is 36.0 Å². The number of benzene rings is 3. The number of aromatic amines is 1. The van der Waals surface area contributed by atoms with E-state index >= 15 is 0 Å². The fourth-order valence-corrected chi connectivity index (χ4v) is 9.33. The monoisotopic (exact) mass is 902 g/mol. The highest BCUT2D eigenvalue weighted by Crippen LogP contribution is 2.44. The molecule has 0 unspecified atom stereocenters. The number of anilines is 2. The first kappa shape index (κ1) is 46.0. The minimum absolute atomic E-state index is 0.000551. The zero-order valence-corrected chi connectivity index (χ0v) is 37.1. The van der Waals surface area contributed by atoms with Gasteiger partial charge in [-0.05, 0) is 97.4 Å². The summed E-state index contributed by atoms with van der Waals surface area (Å²) in [5.74, 6) is -0.600. The van der Waals surface area contributed by atoms with E-state index in [9.17, 15) is 36.5 Å². The van der Waals surface area contributed by atoms with Crippen molar-refractivity contribution >= 4 is 49.6 Å². The molecule has 7 rings (SSSR count). The third kappa shape index (κ3) is 10.7. The van der Waals surface area contributed by atoms with Gasteiger partial charge in [0.05, 0.1) is 32.8 Å². The number of alkyl halides is 3. The fraction of sp³-hybridized carbons (Fsp3) is 0.391. The standard InChI is InChI=1S/C46H53F3N8O6S/c1-5-54(6-2)21-20-50-39-15-14-36(27-41(39)57(59)60)64(61,62)53-44(58)37-8-7-9-40(42(37)63-35-26-32-17-19-51-43(32)52-29-35)56-24-22-55(23-25-56)30-33-16-18-45(3,4)28-38(33)31-10-12-34(13-11-31)46(47,48)49/h7-15,17,19,26-27,29,50H,5-6,16,18,20-25,28,30H2,1-4H3,(H,51,52)(H,53,58). The summed E-state index contributed by atoms with van der Waals surface area (Å²) in [5, 5.41) is 15.9. The number of fused-ring (bicyclic) bond motifs is 1. The average Bonchev–Trinajstić information content (AvgIpc) is 3.74. The van der Waals surface area contributed by atoms with Crippen LogP contribution in [0.4, 0.5) is 30.2 Å². The second-order valence-electron chi connectivity index (χ2n) is 16.9. The number of ether oxygens (including phenoxy) is 1. The van der Waals surface area contributed by atoms with Gasteiger partial charge in [-0.25, -0.2) is 18.1 Å². The number of carbonyl (C=O) groups is 1. The van der Waals surface area contributed by atoms with Crippen LogP contribution in [-0.4, -0.2) is 97.9 Å². The SMILES string of the molecule is CCN(CC)CCNc1ccc(S(=O)(=O)NC(=O)c2cccc(N3CCN(CC4=C(c5ccc(C(F)(F)F)cc5)CC(C)(C)CC4)CC3)c2Oc2cnc3[nH]ccc3c2)cc1[N+](=O)[O-]. The highest BCUT2D eigenvalue weighted by atomic mass is 32.2. The number of H-pyrrole nitrogens is 1. The van der Waals surface area contributed by atoms with Crippen LogP contribution in [0.1, 0.15) is 68.4 Å². The highest BCUT2D eigenvalue weighted by molar-refractivity contribution is 7.90. The smallest absolute Gasteiger partial charge is 0.416 e. The molecule has 3 heterocycles. The second kappa shape index (κ2) is 19.0. The number of sulfonamides is 1. The van der Waals surface area contributed by atoms with Crippen molar-refractivity contribution in [3.8, 4) is 11.5 Å². The van der Waals surface area contributed by atoms with Gasteiger partial charge in [-0.3, -0.25) is 19.8 Å². The molecule has 0 radical (unpaired) electrons. The van der Waals surface area contributed by atoms with Gasteiger partial charge in [-0.15, -0.1) is 0 Å². The highest BCUT2D eigenvalue weighted by Gasteiger charge is 2.33. The van der Waals surface area contributed by atoms with Gasteiger partial charge < -0.3 is 24.8 Å². The molecule has 2 aromatic heterocycles. The Kier molecular flexibility index (Phi) is 13.7. The summed E-state index contributed by atoms with van der Waals surface area (Å²) in [6.07, 6.45) is 1.34. The van der Waals surface area contributed by atoms with Gasteiger partial charge >= 0.3 is 6.18 Å². The second-order valence-corrected chi connectivity index (χ2v) is 18.6. The predicted octanol–water partition coefficient (Wildman–Crippen LogP) is 8.94. The lowest BCUT2D eigenvalue weighted by Crippen LogP contribution is -2.47. The largest absolute Gasteiger partial charge is 0.453 e. The average molecular weight is 903 g/mol. The third-order valence-corrected chi connectivity index (χ3v) is 13.4. The van der Waals surface area contributed by atoms with Crippen molar-refractivity contribution in [2.24, 2.45) is 5.41 Å². The van der Waals surface area contributed by atoms with E-state index in [4.69, 9.17) is 4.74 Å². The van der Waals surface area contributed by atoms with E-state index in [1.54, 1.807) is 36.5 Å². The molecule has 64 heavy (non-hydrogen) atoms. The van der Waals surface area contributed by atoms with E-state index in [1.807, 2.05) is 19.9 Å². The fourth-order valence-electron chi connectivity index (χ4n) is 8.35. The van der Waals surface area contributed by atoms with E-state index in [0.29, 0.717) is 62.9 Å². The molecule has 3 aromatic carbocycles. The van der Waals surface area contributed by atoms with Crippen molar-refractivity contribution in [1.29, 1.82) is 0 Å². The lowest BCUT2D eigenvalue weighted by atomic mass is 9.72. The Balaban J connectivity index is 1.13. The summed E-state index contributed by atoms with van der Waals surface area (Å²) in [6, 6.07) is 17.3. The molecular weight excluding hydrogens is 850 g/mol. The van der Waals surface area contributed by atoms with Crippen molar-refractivity contribution in [3.63, 3.8) is 0 Å². The summed E-state index contributed by atoms with van der Waals surface area (Å²) in [5.41, 5.74) is 3.19. The number of aromatic nitrogens is 2. The molecule has 0 atom stereocenters. The molecule has 2 aliphatic rings. The number of carbonyl (C=O) groups excluding carboxylic acids is 1. The Labute approximate surface area is 370 Å². The number of likely N-dealkylation sites (N-methyl/N-ethyl adjacent to an activating group) is 1. The Morgan fingerprint density at radius 3 is 2.44 bits per heavy atom. The number of amides is 1. The van der Waals surface area contributed by atoms with E-state index in [-0.39, 0.29) is 22.4 Å². The van der Waals surface area contributed by atoms with Crippen LogP contribution in [0.5, 0.6) is 11.5 Å². The van der Waals surface area contributed by atoms with Crippen LogP contribution < -0.4 is 19.7 Å². The van der Waals surface area contributed by atoms with Crippen LogP contribution in [0.2, 0.25) is 0 Å². The molecule has 1 saturated heterocycles. The number of nitrogens with zero attached hydrogens (tertiary/aromatic N) is 5. The maximum atomic E-state index is 14.1. The number of hydrogen-bond donors (Lipinski definition) is 3. The minimum Gasteiger partial charge on any atom is -0.453 e. The van der Waals surface area contributed by atoms with Crippen LogP contribution in [0, 0.1) is 15.5 Å². The first-order valence-corrected chi connectivity index (χ1v) is 22.8. The zero-order valence-electron chi connectivity index (χ0n) is 36.3. The predicted molar refractivity (Wildman–Crippen MR) is 241 cm³/mol. The first-order valence-electron chi connectivity index (χ1n) is 21.4. The van der Waals surface area contributed by atoms with Gasteiger partial charge in [-0.1, -0.05) is 51.5 Å². The molecule has 3 N–H and O–H groups in total. The van der Waals surface area contributed by atoms with Crippen LogP contribution in [0.3, 0.4) is 0 Å². The lowest BCUT2D eigenvalue weighted by Gasteiger charge is -2.39. The Morgan fingerprint density at radius 2 is 1.75 bits per heavy atom. The molecule has 5 aromatic rings. The number of pyridine rings is 1. The number of nitro benzene ring substituents is 1. The van der Waals surface area contributed by atoms with Crippen LogP contribution >= 0.6 is 0 Å². The third-order valence-electron chi connectivity index (χ3n) is 12.0. The minimum atomic E-state index is -4.62. The summed E-state index contributed by atoms with van der Waals surface area (Å²) in [4.78, 5) is 39.0. The molecule has 0 spiro atoms. The van der Waals surface area contributed by atoms with Gasteiger partial charge in [0.15, 0.2) is 5.75 Å². The molecule has 1 fully saturated rings. The number of halogens is 3. The Bertz CT molecular complexity index is 2640. The number of piperazine rings is 1. The zero-order chi connectivity index (χ0) is 45.8. The number of hydrogen-bond acceptors (Lipinski definition) is 11. The quantitative estimate of drug-likeness (QED) is 0.0639. The van der Waals surface area contributed by atoms with Gasteiger partial charge in [0, 0.05) is 63.5 Å². The van der Waals surface area contributed by atoms with Crippen LogP contribution in [-0.2, 0) is 16.2 Å². The molecule has 18 heteroatoms. The maximum absolute atomic E-state index is 14.1. The van der Waals surface area contributed by atoms with Crippen molar-refractivity contribution in [2.75, 3.05) is 69.1 Å². The van der Waals surface area contributed by atoms with Crippen molar-refractivity contribution in [1.82, 2.24) is 24.5 Å². The van der Waals surface area contributed by atoms with Gasteiger partial charge in [0.25, 0.3) is 21.6 Å². The van der Waals surface area contributed by atoms with Gasteiger partial charge in [-0.2, -0.15) is 13.2 Å². The molecule has 1 amide bonds. The molecule has 340 valence electrons. The first-order chi connectivity index (χ1) is 30.4. The van der Waals surface area contributed by atoms with Crippen LogP contribution in [0.25, 0.3) is 16.6 Å². The van der Waals surface area contributed by atoms with Crippen LogP contribution in [0.15, 0.2) is 95.7 Å². The van der Waals surface area contributed by atoms with Crippen molar-refractivity contribution in [2.45, 2.75) is 58.0 Å². The topological polar surface area (TPSA) is 166 Å².